The van der Waals surface area contributed by atoms with Gasteiger partial charge in [0.15, 0.2) is 0 Å². The fraction of sp³-hybridized carbons (Fsp3) is 0.769. The lowest BCUT2D eigenvalue weighted by molar-refractivity contribution is -0.119. The summed E-state index contributed by atoms with van der Waals surface area (Å²) in [6.45, 7) is 6.20. The van der Waals surface area contributed by atoms with E-state index in [1.165, 1.54) is 0 Å². The lowest BCUT2D eigenvalue weighted by Crippen LogP contribution is -2.31. The molecule has 1 aromatic rings. The third-order valence-electron chi connectivity index (χ3n) is 3.58. The third-order valence-corrected chi connectivity index (χ3v) is 3.58. The van der Waals surface area contributed by atoms with Gasteiger partial charge in [-0.25, -0.2) is 0 Å². The molecule has 0 aromatic carbocycles. The average Bonchev–Trinajstić information content (AvgIpc) is 2.80. The Labute approximate surface area is 107 Å². The summed E-state index contributed by atoms with van der Waals surface area (Å²) in [5.74, 6) is 0.744. The van der Waals surface area contributed by atoms with Gasteiger partial charge < -0.3 is 9.26 Å². The first-order valence-electron chi connectivity index (χ1n) is 6.55. The predicted molar refractivity (Wildman–Crippen MR) is 65.2 cm³/mol. The van der Waals surface area contributed by atoms with E-state index in [9.17, 15) is 4.79 Å². The molecule has 0 N–H and O–H groups in total. The molecular weight excluding hydrogens is 232 g/mol. The van der Waals surface area contributed by atoms with E-state index in [1.807, 2.05) is 13.8 Å². The first-order chi connectivity index (χ1) is 8.57. The molecule has 5 heteroatoms. The maximum atomic E-state index is 11.5. The van der Waals surface area contributed by atoms with E-state index in [0.717, 1.165) is 25.9 Å². The van der Waals surface area contributed by atoms with Gasteiger partial charge in [-0.15, -0.1) is 0 Å². The number of ketones is 1. The minimum atomic E-state index is -0.463. The Morgan fingerprint density at radius 3 is 2.83 bits per heavy atom. The normalized spacial score (nSPS) is 25.9. The summed E-state index contributed by atoms with van der Waals surface area (Å²) < 4.78 is 11.0. The zero-order chi connectivity index (χ0) is 13.2. The molecule has 2 heterocycles. The van der Waals surface area contributed by atoms with Crippen LogP contribution in [-0.2, 0) is 15.1 Å². The zero-order valence-corrected chi connectivity index (χ0v) is 11.2. The molecule has 1 saturated heterocycles. The minimum absolute atomic E-state index is 0.0578. The number of nitrogens with zero attached hydrogens (tertiary/aromatic N) is 2. The van der Waals surface area contributed by atoms with Crippen molar-refractivity contribution in [3.63, 3.8) is 0 Å². The Morgan fingerprint density at radius 2 is 2.28 bits per heavy atom. The molecule has 1 aromatic heterocycles. The maximum Gasteiger partial charge on any atom is 0.237 e. The molecule has 5 nitrogen and oxygen atoms in total. The number of carbonyl (C=O) groups excluding carboxylic acids is 1. The summed E-state index contributed by atoms with van der Waals surface area (Å²) in [5, 5.41) is 4.00. The first-order valence-corrected chi connectivity index (χ1v) is 6.55. The van der Waals surface area contributed by atoms with Crippen LogP contribution in [0.15, 0.2) is 4.52 Å². The van der Waals surface area contributed by atoms with Crippen LogP contribution >= 0.6 is 0 Å². The van der Waals surface area contributed by atoms with E-state index in [-0.39, 0.29) is 11.7 Å². The van der Waals surface area contributed by atoms with Gasteiger partial charge in [0.2, 0.25) is 11.7 Å². The number of hydrogen-bond donors (Lipinski definition) is 0. The topological polar surface area (TPSA) is 65.2 Å². The fourth-order valence-electron chi connectivity index (χ4n) is 2.34. The molecule has 2 unspecified atom stereocenters. The number of Topliss-reactive ketones (excluding diaryl/α,β-unsaturated/α-hetero) is 1. The van der Waals surface area contributed by atoms with Crippen molar-refractivity contribution in [3.8, 4) is 0 Å². The van der Waals surface area contributed by atoms with Gasteiger partial charge >= 0.3 is 0 Å². The van der Waals surface area contributed by atoms with Gasteiger partial charge in [-0.05, 0) is 39.5 Å². The Balaban J connectivity index is 2.21. The number of rotatable bonds is 4. The number of hydrogen-bond acceptors (Lipinski definition) is 5. The van der Waals surface area contributed by atoms with Gasteiger partial charge in [0, 0.05) is 6.61 Å². The molecular formula is C13H20N2O3. The van der Waals surface area contributed by atoms with Crippen LogP contribution in [0.1, 0.15) is 64.1 Å². The number of ether oxygens (including phenoxy) is 1. The molecule has 2 rings (SSSR count). The van der Waals surface area contributed by atoms with E-state index < -0.39 is 5.60 Å². The molecule has 0 radical (unpaired) electrons. The predicted octanol–water partition coefficient (Wildman–Crippen LogP) is 2.57. The van der Waals surface area contributed by atoms with Crippen LogP contribution < -0.4 is 0 Å². The highest BCUT2D eigenvalue weighted by Gasteiger charge is 2.36. The summed E-state index contributed by atoms with van der Waals surface area (Å²) in [5.41, 5.74) is -0.463. The van der Waals surface area contributed by atoms with Crippen molar-refractivity contribution in [3.05, 3.63) is 11.7 Å². The summed E-state index contributed by atoms with van der Waals surface area (Å²) in [6.07, 6.45) is 3.74. The van der Waals surface area contributed by atoms with Crippen molar-refractivity contribution in [1.29, 1.82) is 0 Å². The standard InChI is InChI=1S/C13H20N2O3/c1-4-10(9(2)16)11-14-12(15-18-11)13(3)7-5-6-8-17-13/h10H,4-8H2,1-3H3. The monoisotopic (exact) mass is 252 g/mol. The van der Waals surface area contributed by atoms with Crippen molar-refractivity contribution in [2.45, 2.75) is 58.0 Å². The van der Waals surface area contributed by atoms with Crippen molar-refractivity contribution in [2.24, 2.45) is 0 Å². The summed E-state index contributed by atoms with van der Waals surface area (Å²) in [6, 6.07) is 0. The molecule has 0 saturated carbocycles. The van der Waals surface area contributed by atoms with Crippen LogP contribution in [0.3, 0.4) is 0 Å². The largest absolute Gasteiger partial charge is 0.367 e. The van der Waals surface area contributed by atoms with Gasteiger partial charge in [0.05, 0.1) is 5.92 Å². The molecule has 0 bridgehead atoms. The second-order valence-electron chi connectivity index (χ2n) is 5.06. The molecule has 1 aliphatic rings. The average molecular weight is 252 g/mol. The van der Waals surface area contributed by atoms with E-state index in [2.05, 4.69) is 10.1 Å². The van der Waals surface area contributed by atoms with Gasteiger partial charge in [-0.2, -0.15) is 4.98 Å². The van der Waals surface area contributed by atoms with E-state index >= 15 is 0 Å². The Kier molecular flexibility index (Phi) is 3.80. The Morgan fingerprint density at radius 1 is 1.50 bits per heavy atom. The Bertz CT molecular complexity index is 422. The number of carbonyl (C=O) groups is 1. The molecule has 0 aliphatic carbocycles. The van der Waals surface area contributed by atoms with Crippen LogP contribution in [0.5, 0.6) is 0 Å². The fourth-order valence-corrected chi connectivity index (χ4v) is 2.34. The summed E-state index contributed by atoms with van der Waals surface area (Å²) >= 11 is 0. The lowest BCUT2D eigenvalue weighted by atomic mass is 9.95. The molecule has 1 fully saturated rings. The van der Waals surface area contributed by atoms with E-state index in [4.69, 9.17) is 9.26 Å². The smallest absolute Gasteiger partial charge is 0.237 e. The number of aromatic nitrogens is 2. The van der Waals surface area contributed by atoms with Crippen LogP contribution in [0, 0.1) is 0 Å². The third kappa shape index (κ3) is 2.46. The second-order valence-corrected chi connectivity index (χ2v) is 5.06. The van der Waals surface area contributed by atoms with Crippen LogP contribution in [0.25, 0.3) is 0 Å². The quantitative estimate of drug-likeness (QED) is 0.824. The molecule has 1 aliphatic heterocycles. The highest BCUT2D eigenvalue weighted by Crippen LogP contribution is 2.33. The highest BCUT2D eigenvalue weighted by atomic mass is 16.5. The molecule has 18 heavy (non-hydrogen) atoms. The Hall–Kier alpha value is -1.23. The van der Waals surface area contributed by atoms with Crippen molar-refractivity contribution in [1.82, 2.24) is 10.1 Å². The molecule has 100 valence electrons. The first kappa shape index (κ1) is 13.2. The van der Waals surface area contributed by atoms with Crippen LogP contribution in [0.2, 0.25) is 0 Å². The van der Waals surface area contributed by atoms with E-state index in [1.54, 1.807) is 6.92 Å². The van der Waals surface area contributed by atoms with Gasteiger partial charge in [-0.3, -0.25) is 4.79 Å². The maximum absolute atomic E-state index is 11.5. The molecule has 2 atom stereocenters. The highest BCUT2D eigenvalue weighted by molar-refractivity contribution is 5.82. The van der Waals surface area contributed by atoms with Crippen LogP contribution in [-0.4, -0.2) is 22.5 Å². The van der Waals surface area contributed by atoms with Crippen molar-refractivity contribution >= 4 is 5.78 Å². The summed E-state index contributed by atoms with van der Waals surface area (Å²) in [7, 11) is 0. The minimum Gasteiger partial charge on any atom is -0.367 e. The second kappa shape index (κ2) is 5.18. The summed E-state index contributed by atoms with van der Waals surface area (Å²) in [4.78, 5) is 15.9. The van der Waals surface area contributed by atoms with Crippen LogP contribution in [0.4, 0.5) is 0 Å². The van der Waals surface area contributed by atoms with E-state index in [0.29, 0.717) is 18.1 Å². The molecule has 0 amide bonds. The van der Waals surface area contributed by atoms with Crippen molar-refractivity contribution in [2.75, 3.05) is 6.61 Å². The van der Waals surface area contributed by atoms with Crippen molar-refractivity contribution < 1.29 is 14.1 Å². The lowest BCUT2D eigenvalue weighted by Gasteiger charge is -2.30. The zero-order valence-electron chi connectivity index (χ0n) is 11.2. The van der Waals surface area contributed by atoms with Gasteiger partial charge in [0.1, 0.15) is 11.4 Å². The SMILES string of the molecule is CCC(C(C)=O)c1nc(C2(C)CCCCO2)no1. The van der Waals surface area contributed by atoms with Gasteiger partial charge in [-0.1, -0.05) is 12.1 Å². The van der Waals surface area contributed by atoms with Gasteiger partial charge in [0.25, 0.3) is 0 Å². The molecule has 0 spiro atoms.